The highest BCUT2D eigenvalue weighted by Gasteiger charge is 2.05. The fraction of sp³-hybridized carbons (Fsp3) is 0.294. The van der Waals surface area contributed by atoms with Crippen LogP contribution in [-0.4, -0.2) is 6.61 Å². The highest BCUT2D eigenvalue weighted by molar-refractivity contribution is 5.49. The van der Waals surface area contributed by atoms with Crippen molar-refractivity contribution in [1.29, 1.82) is 0 Å². The third-order valence-electron chi connectivity index (χ3n) is 3.49. The van der Waals surface area contributed by atoms with Crippen molar-refractivity contribution in [3.05, 3.63) is 58.7 Å². The Morgan fingerprint density at radius 2 is 1.71 bits per heavy atom. The van der Waals surface area contributed by atoms with E-state index in [1.807, 2.05) is 6.07 Å². The van der Waals surface area contributed by atoms with Crippen LogP contribution in [0.15, 0.2) is 36.4 Å². The fourth-order valence-electron chi connectivity index (χ4n) is 2.19. The molecule has 0 saturated carbocycles. The van der Waals surface area contributed by atoms with Crippen molar-refractivity contribution >= 4 is 5.69 Å². The van der Waals surface area contributed by atoms with E-state index < -0.39 is 6.61 Å². The number of alkyl halides is 2. The zero-order chi connectivity index (χ0) is 15.4. The number of nitrogens with one attached hydrogen (secondary N) is 1. The molecule has 0 aliphatic rings. The van der Waals surface area contributed by atoms with Gasteiger partial charge in [-0.05, 0) is 55.2 Å². The molecule has 112 valence electrons. The highest BCUT2D eigenvalue weighted by atomic mass is 19.3. The van der Waals surface area contributed by atoms with Crippen molar-refractivity contribution in [1.82, 2.24) is 0 Å². The largest absolute Gasteiger partial charge is 0.435 e. The Bertz CT molecular complexity index is 626. The molecular formula is C17H19F2NO. The monoisotopic (exact) mass is 291 g/mol. The SMILES string of the molecule is Cc1cc(C)c(CNc2cccc(OC(F)F)c2)cc1C. The molecule has 0 aliphatic heterocycles. The van der Waals surface area contributed by atoms with Gasteiger partial charge in [0.15, 0.2) is 0 Å². The molecule has 0 radical (unpaired) electrons. The van der Waals surface area contributed by atoms with E-state index >= 15 is 0 Å². The summed E-state index contributed by atoms with van der Waals surface area (Å²) in [4.78, 5) is 0. The summed E-state index contributed by atoms with van der Waals surface area (Å²) < 4.78 is 28.8. The molecule has 2 nitrogen and oxygen atoms in total. The van der Waals surface area contributed by atoms with E-state index in [4.69, 9.17) is 0 Å². The fourth-order valence-corrected chi connectivity index (χ4v) is 2.19. The second kappa shape index (κ2) is 6.57. The van der Waals surface area contributed by atoms with Gasteiger partial charge >= 0.3 is 6.61 Å². The Hall–Kier alpha value is -2.10. The van der Waals surface area contributed by atoms with E-state index in [1.54, 1.807) is 12.1 Å². The summed E-state index contributed by atoms with van der Waals surface area (Å²) in [5, 5.41) is 3.24. The number of anilines is 1. The first-order valence-corrected chi connectivity index (χ1v) is 6.81. The molecule has 2 rings (SSSR count). The van der Waals surface area contributed by atoms with Gasteiger partial charge in [0, 0.05) is 18.3 Å². The van der Waals surface area contributed by atoms with Gasteiger partial charge in [-0.15, -0.1) is 0 Å². The van der Waals surface area contributed by atoms with E-state index in [1.165, 1.54) is 28.3 Å². The molecule has 0 bridgehead atoms. The quantitative estimate of drug-likeness (QED) is 0.852. The third kappa shape index (κ3) is 4.18. The predicted octanol–water partition coefficient (Wildman–Crippen LogP) is 4.83. The van der Waals surface area contributed by atoms with Crippen molar-refractivity contribution in [3.63, 3.8) is 0 Å². The van der Waals surface area contributed by atoms with E-state index in [-0.39, 0.29) is 5.75 Å². The van der Waals surface area contributed by atoms with Gasteiger partial charge in [-0.2, -0.15) is 8.78 Å². The summed E-state index contributed by atoms with van der Waals surface area (Å²) in [5.41, 5.74) is 5.67. The first-order valence-electron chi connectivity index (χ1n) is 6.81. The number of hydrogen-bond acceptors (Lipinski definition) is 2. The van der Waals surface area contributed by atoms with Gasteiger partial charge in [-0.25, -0.2) is 0 Å². The number of benzene rings is 2. The van der Waals surface area contributed by atoms with E-state index in [0.29, 0.717) is 6.54 Å². The maximum atomic E-state index is 12.2. The van der Waals surface area contributed by atoms with Crippen LogP contribution in [0.1, 0.15) is 22.3 Å². The number of halogens is 2. The Morgan fingerprint density at radius 3 is 2.43 bits per heavy atom. The Kier molecular flexibility index (Phi) is 4.78. The van der Waals surface area contributed by atoms with Crippen molar-refractivity contribution in [2.24, 2.45) is 0 Å². The lowest BCUT2D eigenvalue weighted by molar-refractivity contribution is -0.0498. The Balaban J connectivity index is 2.08. The topological polar surface area (TPSA) is 21.3 Å². The predicted molar refractivity (Wildman–Crippen MR) is 81.1 cm³/mol. The van der Waals surface area contributed by atoms with Crippen molar-refractivity contribution in [2.75, 3.05) is 5.32 Å². The van der Waals surface area contributed by atoms with E-state index in [9.17, 15) is 8.78 Å². The van der Waals surface area contributed by atoms with Gasteiger partial charge in [0.25, 0.3) is 0 Å². The average Bonchev–Trinajstić information content (AvgIpc) is 2.41. The summed E-state index contributed by atoms with van der Waals surface area (Å²) in [5.74, 6) is 0.159. The molecule has 0 aliphatic carbocycles. The van der Waals surface area contributed by atoms with Crippen molar-refractivity contribution < 1.29 is 13.5 Å². The summed E-state index contributed by atoms with van der Waals surface area (Å²) in [7, 11) is 0. The second-order valence-corrected chi connectivity index (χ2v) is 5.12. The molecule has 4 heteroatoms. The zero-order valence-corrected chi connectivity index (χ0v) is 12.4. The first kappa shape index (κ1) is 15.3. The van der Waals surface area contributed by atoms with Gasteiger partial charge in [-0.1, -0.05) is 18.2 Å². The molecule has 0 fully saturated rings. The summed E-state index contributed by atoms with van der Waals surface area (Å²) in [6.07, 6.45) is 0. The summed E-state index contributed by atoms with van der Waals surface area (Å²) >= 11 is 0. The average molecular weight is 291 g/mol. The number of aryl methyl sites for hydroxylation is 3. The van der Waals surface area contributed by atoms with Crippen LogP contribution in [0.4, 0.5) is 14.5 Å². The van der Waals surface area contributed by atoms with Crippen molar-refractivity contribution in [2.45, 2.75) is 33.9 Å². The number of rotatable bonds is 5. The Morgan fingerprint density at radius 1 is 1.00 bits per heavy atom. The molecule has 0 atom stereocenters. The van der Waals surface area contributed by atoms with Gasteiger partial charge in [-0.3, -0.25) is 0 Å². The second-order valence-electron chi connectivity index (χ2n) is 5.12. The minimum absolute atomic E-state index is 0.159. The van der Waals surface area contributed by atoms with E-state index in [2.05, 4.69) is 43.0 Å². The normalized spacial score (nSPS) is 10.8. The molecule has 0 aromatic heterocycles. The standard InChI is InChI=1S/C17H19F2NO/c1-11-7-13(3)14(8-12(11)2)10-20-15-5-4-6-16(9-15)21-17(18)19/h4-9,17,20H,10H2,1-3H3. The molecule has 21 heavy (non-hydrogen) atoms. The van der Waals surface area contributed by atoms with Crippen LogP contribution < -0.4 is 10.1 Å². The zero-order valence-electron chi connectivity index (χ0n) is 12.4. The molecule has 1 N–H and O–H groups in total. The smallest absolute Gasteiger partial charge is 0.387 e. The molecule has 0 heterocycles. The highest BCUT2D eigenvalue weighted by Crippen LogP contribution is 2.21. The molecule has 2 aromatic rings. The Labute approximate surface area is 123 Å². The van der Waals surface area contributed by atoms with Crippen molar-refractivity contribution in [3.8, 4) is 5.75 Å². The van der Waals surface area contributed by atoms with Crippen LogP contribution in [-0.2, 0) is 6.54 Å². The lowest BCUT2D eigenvalue weighted by Gasteiger charge is -2.13. The molecule has 0 spiro atoms. The van der Waals surface area contributed by atoms with Gasteiger partial charge in [0.1, 0.15) is 5.75 Å². The molecule has 0 unspecified atom stereocenters. The van der Waals surface area contributed by atoms with Gasteiger partial charge < -0.3 is 10.1 Å². The lowest BCUT2D eigenvalue weighted by Crippen LogP contribution is -2.04. The maximum Gasteiger partial charge on any atom is 0.387 e. The molecular weight excluding hydrogens is 272 g/mol. The minimum atomic E-state index is -2.80. The van der Waals surface area contributed by atoms with Crippen LogP contribution in [0, 0.1) is 20.8 Å². The van der Waals surface area contributed by atoms with E-state index in [0.717, 1.165) is 5.69 Å². The van der Waals surface area contributed by atoms with Crippen LogP contribution >= 0.6 is 0 Å². The van der Waals surface area contributed by atoms with Gasteiger partial charge in [0.2, 0.25) is 0 Å². The third-order valence-corrected chi connectivity index (χ3v) is 3.49. The van der Waals surface area contributed by atoms with Crippen LogP contribution in [0.5, 0.6) is 5.75 Å². The molecule has 0 saturated heterocycles. The first-order chi connectivity index (χ1) is 9.95. The van der Waals surface area contributed by atoms with Crippen LogP contribution in [0.2, 0.25) is 0 Å². The lowest BCUT2D eigenvalue weighted by atomic mass is 10.0. The van der Waals surface area contributed by atoms with Crippen LogP contribution in [0.3, 0.4) is 0 Å². The minimum Gasteiger partial charge on any atom is -0.435 e. The number of ether oxygens (including phenoxy) is 1. The molecule has 2 aromatic carbocycles. The van der Waals surface area contributed by atoms with Gasteiger partial charge in [0.05, 0.1) is 0 Å². The molecule has 0 amide bonds. The summed E-state index contributed by atoms with van der Waals surface area (Å²) in [6.45, 7) is 4.08. The van der Waals surface area contributed by atoms with Crippen LogP contribution in [0.25, 0.3) is 0 Å². The maximum absolute atomic E-state index is 12.2. The summed E-state index contributed by atoms with van der Waals surface area (Å²) in [6, 6.07) is 10.9. The number of hydrogen-bond donors (Lipinski definition) is 1.